The number of hydrogen-bond acceptors (Lipinski definition) is 0. The summed E-state index contributed by atoms with van der Waals surface area (Å²) in [7, 11) is 0. The summed E-state index contributed by atoms with van der Waals surface area (Å²) in [6, 6.07) is 63.4. The lowest BCUT2D eigenvalue weighted by molar-refractivity contribution is -0.138. The predicted octanol–water partition coefficient (Wildman–Crippen LogP) is 19.5. The molecule has 0 N–H and O–H groups in total. The largest absolute Gasteiger partial charge is 0.416 e. The van der Waals surface area contributed by atoms with Crippen LogP contribution in [0.5, 0.6) is 0 Å². The number of aryl methyl sites for hydroxylation is 4. The van der Waals surface area contributed by atoms with Gasteiger partial charge in [0.05, 0.1) is 44.6 Å². The maximum atomic E-state index is 15.2. The third-order valence-electron chi connectivity index (χ3n) is 14.8. The highest BCUT2D eigenvalue weighted by Crippen LogP contribution is 2.47. The van der Waals surface area contributed by atoms with Crippen molar-refractivity contribution in [1.29, 1.82) is 0 Å². The van der Waals surface area contributed by atoms with Gasteiger partial charge in [-0.2, -0.15) is 26.3 Å². The number of hydrogen-bond donors (Lipinski definition) is 0. The van der Waals surface area contributed by atoms with Crippen LogP contribution in [-0.2, 0) is 12.4 Å². The standard InChI is InChI=1S/C66H46F6N2/c1-39-13-5-9-17-49(39)43-21-27-59-53(33-43)54-34-44(50-18-10-6-14-40(50)2)22-28-60(54)73(59)63-31-25-47(65(67,68)69)37-57(63)58-38-48(66(70,71)72)26-32-64(58)74-61-29-23-45(51-19-11-7-15-41(51)3)35-55(61)56-36-46(24-30-62(56)74)52-20-12-8-16-42(52)4/h5-38H,1-4H3. The van der Waals surface area contributed by atoms with E-state index in [2.05, 4.69) is 48.5 Å². The molecule has 0 aliphatic rings. The van der Waals surface area contributed by atoms with Crippen molar-refractivity contribution in [1.82, 2.24) is 9.13 Å². The molecule has 362 valence electrons. The van der Waals surface area contributed by atoms with E-state index in [-0.39, 0.29) is 22.5 Å². The molecule has 8 heteroatoms. The second-order valence-corrected chi connectivity index (χ2v) is 19.3. The van der Waals surface area contributed by atoms with Crippen LogP contribution in [0.15, 0.2) is 206 Å². The lowest BCUT2D eigenvalue weighted by Crippen LogP contribution is -2.10. The molecule has 12 aromatic rings. The van der Waals surface area contributed by atoms with E-state index < -0.39 is 23.5 Å². The Morgan fingerprint density at radius 1 is 0.270 bits per heavy atom. The van der Waals surface area contributed by atoms with Gasteiger partial charge in [0.15, 0.2) is 0 Å². The summed E-state index contributed by atoms with van der Waals surface area (Å²) >= 11 is 0. The smallest absolute Gasteiger partial charge is 0.309 e. The zero-order valence-corrected chi connectivity index (χ0v) is 40.8. The Morgan fingerprint density at radius 2 is 0.527 bits per heavy atom. The van der Waals surface area contributed by atoms with Gasteiger partial charge in [0.25, 0.3) is 0 Å². The summed E-state index contributed by atoms with van der Waals surface area (Å²) in [6.07, 6.45) is -9.66. The molecular formula is C66H46F6N2. The summed E-state index contributed by atoms with van der Waals surface area (Å²) < 4.78 is 95.1. The molecule has 0 aliphatic heterocycles. The van der Waals surface area contributed by atoms with Crippen LogP contribution in [0.3, 0.4) is 0 Å². The molecule has 0 saturated carbocycles. The minimum atomic E-state index is -4.83. The van der Waals surface area contributed by atoms with Crippen LogP contribution in [0, 0.1) is 27.7 Å². The Labute approximate surface area is 424 Å². The van der Waals surface area contributed by atoms with E-state index in [1.54, 1.807) is 0 Å². The molecule has 2 nitrogen and oxygen atoms in total. The van der Waals surface area contributed by atoms with Gasteiger partial charge >= 0.3 is 12.4 Å². The Hall–Kier alpha value is -8.62. The number of aromatic nitrogens is 2. The van der Waals surface area contributed by atoms with Gasteiger partial charge in [-0.3, -0.25) is 0 Å². The molecule has 74 heavy (non-hydrogen) atoms. The Kier molecular flexibility index (Phi) is 11.0. The van der Waals surface area contributed by atoms with E-state index in [1.807, 2.05) is 158 Å². The molecule has 0 fully saturated rings. The first-order chi connectivity index (χ1) is 35.6. The fraction of sp³-hybridized carbons (Fsp3) is 0.0909. The lowest BCUT2D eigenvalue weighted by atomic mass is 9.96. The highest BCUT2D eigenvalue weighted by atomic mass is 19.4. The average Bonchev–Trinajstić information content (AvgIpc) is 3.93. The van der Waals surface area contributed by atoms with Crippen LogP contribution in [-0.4, -0.2) is 9.13 Å². The molecule has 0 amide bonds. The molecule has 0 spiro atoms. The van der Waals surface area contributed by atoms with Crippen molar-refractivity contribution in [2.24, 2.45) is 0 Å². The van der Waals surface area contributed by atoms with Crippen LogP contribution in [0.1, 0.15) is 33.4 Å². The molecule has 0 aliphatic carbocycles. The average molecular weight is 981 g/mol. The van der Waals surface area contributed by atoms with Crippen LogP contribution in [0.25, 0.3) is 111 Å². The van der Waals surface area contributed by atoms with Gasteiger partial charge in [0, 0.05) is 32.7 Å². The summed E-state index contributed by atoms with van der Waals surface area (Å²) in [4.78, 5) is 0. The molecule has 0 atom stereocenters. The zero-order valence-electron chi connectivity index (χ0n) is 40.8. The predicted molar refractivity (Wildman–Crippen MR) is 291 cm³/mol. The highest BCUT2D eigenvalue weighted by Gasteiger charge is 2.35. The number of nitrogens with zero attached hydrogens (tertiary/aromatic N) is 2. The number of rotatable bonds is 7. The monoisotopic (exact) mass is 980 g/mol. The van der Waals surface area contributed by atoms with Crippen molar-refractivity contribution < 1.29 is 26.3 Å². The molecule has 2 aromatic heterocycles. The van der Waals surface area contributed by atoms with Crippen molar-refractivity contribution >= 4 is 43.6 Å². The number of fused-ring (bicyclic) bond motifs is 6. The van der Waals surface area contributed by atoms with E-state index in [1.165, 1.54) is 12.1 Å². The minimum Gasteiger partial charge on any atom is -0.309 e. The third-order valence-corrected chi connectivity index (χ3v) is 14.8. The zero-order chi connectivity index (χ0) is 51.2. The van der Waals surface area contributed by atoms with E-state index >= 15 is 26.3 Å². The second kappa shape index (κ2) is 17.6. The van der Waals surface area contributed by atoms with Crippen molar-refractivity contribution in [2.75, 3.05) is 0 Å². The van der Waals surface area contributed by atoms with Gasteiger partial charge in [-0.1, -0.05) is 121 Å². The third kappa shape index (κ3) is 7.84. The summed E-state index contributed by atoms with van der Waals surface area (Å²) in [5.41, 5.74) is 13.5. The van der Waals surface area contributed by atoms with E-state index in [0.29, 0.717) is 22.1 Å². The van der Waals surface area contributed by atoms with Gasteiger partial charge < -0.3 is 9.13 Å². The van der Waals surface area contributed by atoms with Crippen LogP contribution in [0.2, 0.25) is 0 Å². The van der Waals surface area contributed by atoms with Crippen LogP contribution >= 0.6 is 0 Å². The van der Waals surface area contributed by atoms with Crippen molar-refractivity contribution in [3.63, 3.8) is 0 Å². The molecule has 0 unspecified atom stereocenters. The SMILES string of the molecule is Cc1ccccc1-c1ccc2c(c1)c1cc(-c3ccccc3C)ccc1n2-c1ccc(C(F)(F)F)cc1-c1cc(C(F)(F)F)ccc1-n1c2ccc(-c3ccccc3C)cc2c2cc(-c3ccccc3C)ccc21. The first-order valence-corrected chi connectivity index (χ1v) is 24.5. The van der Waals surface area contributed by atoms with E-state index in [4.69, 9.17) is 0 Å². The van der Waals surface area contributed by atoms with Crippen molar-refractivity contribution in [3.05, 3.63) is 240 Å². The lowest BCUT2D eigenvalue weighted by Gasteiger charge is -2.21. The first kappa shape index (κ1) is 46.5. The van der Waals surface area contributed by atoms with Crippen molar-refractivity contribution in [3.8, 4) is 67.0 Å². The van der Waals surface area contributed by atoms with E-state index in [0.717, 1.165) is 113 Å². The molecule has 2 heterocycles. The normalized spacial score (nSPS) is 12.2. The van der Waals surface area contributed by atoms with Gasteiger partial charge in [-0.05, 0) is 179 Å². The molecular weight excluding hydrogens is 935 g/mol. The van der Waals surface area contributed by atoms with Crippen LogP contribution < -0.4 is 0 Å². The maximum absolute atomic E-state index is 15.2. The summed E-state index contributed by atoms with van der Waals surface area (Å²) in [6.45, 7) is 8.18. The number of halogens is 6. The quantitative estimate of drug-likeness (QED) is 0.141. The first-order valence-electron chi connectivity index (χ1n) is 24.5. The van der Waals surface area contributed by atoms with Gasteiger partial charge in [-0.25, -0.2) is 0 Å². The molecule has 0 saturated heterocycles. The summed E-state index contributed by atoms with van der Waals surface area (Å²) in [5, 5.41) is 3.34. The molecule has 0 radical (unpaired) electrons. The Morgan fingerprint density at radius 3 is 0.770 bits per heavy atom. The molecule has 0 bridgehead atoms. The fourth-order valence-corrected chi connectivity index (χ4v) is 11.1. The topological polar surface area (TPSA) is 9.86 Å². The van der Waals surface area contributed by atoms with E-state index in [9.17, 15) is 0 Å². The Bertz CT molecular complexity index is 3750. The fourth-order valence-electron chi connectivity index (χ4n) is 11.1. The van der Waals surface area contributed by atoms with Crippen molar-refractivity contribution in [2.45, 2.75) is 40.0 Å². The molecule has 12 rings (SSSR count). The Balaban J connectivity index is 1.18. The minimum absolute atomic E-state index is 0.0197. The number of alkyl halides is 6. The molecule has 10 aromatic carbocycles. The highest BCUT2D eigenvalue weighted by molar-refractivity contribution is 6.14. The van der Waals surface area contributed by atoms with Gasteiger partial charge in [0.2, 0.25) is 0 Å². The van der Waals surface area contributed by atoms with Gasteiger partial charge in [-0.15, -0.1) is 0 Å². The van der Waals surface area contributed by atoms with Crippen LogP contribution in [0.4, 0.5) is 26.3 Å². The maximum Gasteiger partial charge on any atom is 0.416 e. The summed E-state index contributed by atoms with van der Waals surface area (Å²) in [5.74, 6) is 0. The number of benzene rings is 10. The van der Waals surface area contributed by atoms with Gasteiger partial charge in [0.1, 0.15) is 0 Å². The second-order valence-electron chi connectivity index (χ2n) is 19.3.